The molecule has 0 aliphatic rings. The SMILES string of the molecule is Nc1nc(Nc2c(Cl)cc(F)cc2Br)c2[nH]cnc2n1. The molecule has 3 aromatic rings. The average molecular weight is 358 g/mol. The maximum atomic E-state index is 13.2. The van der Waals surface area contributed by atoms with Crippen LogP contribution in [-0.2, 0) is 0 Å². The Morgan fingerprint density at radius 1 is 1.35 bits per heavy atom. The van der Waals surface area contributed by atoms with E-state index in [4.69, 9.17) is 17.3 Å². The molecule has 0 aliphatic heterocycles. The number of nitrogen functional groups attached to an aromatic ring is 1. The number of benzene rings is 1. The lowest BCUT2D eigenvalue weighted by Gasteiger charge is -2.11. The minimum atomic E-state index is -0.443. The van der Waals surface area contributed by atoms with Gasteiger partial charge in [0.1, 0.15) is 11.3 Å². The molecule has 20 heavy (non-hydrogen) atoms. The molecule has 0 amide bonds. The summed E-state index contributed by atoms with van der Waals surface area (Å²) in [6, 6.07) is 2.49. The molecule has 4 N–H and O–H groups in total. The Kier molecular flexibility index (Phi) is 3.19. The van der Waals surface area contributed by atoms with Gasteiger partial charge in [-0.25, -0.2) is 9.37 Å². The quantitative estimate of drug-likeness (QED) is 0.655. The van der Waals surface area contributed by atoms with Crippen LogP contribution in [0.4, 0.5) is 21.8 Å². The highest BCUT2D eigenvalue weighted by Gasteiger charge is 2.13. The molecule has 102 valence electrons. The van der Waals surface area contributed by atoms with Crippen molar-refractivity contribution in [2.24, 2.45) is 0 Å². The van der Waals surface area contributed by atoms with Crippen molar-refractivity contribution in [3.8, 4) is 0 Å². The fourth-order valence-electron chi connectivity index (χ4n) is 1.72. The van der Waals surface area contributed by atoms with Gasteiger partial charge in [0, 0.05) is 4.47 Å². The third-order valence-electron chi connectivity index (χ3n) is 2.55. The summed E-state index contributed by atoms with van der Waals surface area (Å²) in [7, 11) is 0. The first-order valence-corrected chi connectivity index (χ1v) is 6.60. The van der Waals surface area contributed by atoms with Crippen LogP contribution in [0.25, 0.3) is 11.2 Å². The highest BCUT2D eigenvalue weighted by Crippen LogP contribution is 2.34. The van der Waals surface area contributed by atoms with E-state index < -0.39 is 5.82 Å². The minimum absolute atomic E-state index is 0.0708. The summed E-state index contributed by atoms with van der Waals surface area (Å²) < 4.78 is 13.7. The maximum Gasteiger partial charge on any atom is 0.224 e. The number of hydrogen-bond donors (Lipinski definition) is 3. The lowest BCUT2D eigenvalue weighted by Crippen LogP contribution is -2.02. The second-order valence-electron chi connectivity index (χ2n) is 3.90. The Hall–Kier alpha value is -1.93. The van der Waals surface area contributed by atoms with Crippen LogP contribution in [0.5, 0.6) is 0 Å². The summed E-state index contributed by atoms with van der Waals surface area (Å²) in [6.07, 6.45) is 1.48. The average Bonchev–Trinajstić information content (AvgIpc) is 2.81. The third-order valence-corrected chi connectivity index (χ3v) is 3.48. The summed E-state index contributed by atoms with van der Waals surface area (Å²) in [5.74, 6) is 0.0296. The van der Waals surface area contributed by atoms with Crippen LogP contribution >= 0.6 is 27.5 Å². The van der Waals surface area contributed by atoms with E-state index in [2.05, 4.69) is 41.2 Å². The summed E-state index contributed by atoms with van der Waals surface area (Å²) in [4.78, 5) is 15.0. The number of H-pyrrole nitrogens is 1. The molecule has 0 saturated carbocycles. The molecule has 0 bridgehead atoms. The Balaban J connectivity index is 2.12. The predicted molar refractivity (Wildman–Crippen MR) is 78.5 cm³/mol. The smallest absolute Gasteiger partial charge is 0.224 e. The number of imidazole rings is 1. The van der Waals surface area contributed by atoms with Crippen molar-refractivity contribution in [3.63, 3.8) is 0 Å². The van der Waals surface area contributed by atoms with Crippen molar-refractivity contribution < 1.29 is 4.39 Å². The van der Waals surface area contributed by atoms with Gasteiger partial charge in [-0.3, -0.25) is 0 Å². The van der Waals surface area contributed by atoms with Gasteiger partial charge in [-0.15, -0.1) is 0 Å². The van der Waals surface area contributed by atoms with E-state index in [1.807, 2.05) is 0 Å². The molecule has 0 atom stereocenters. The largest absolute Gasteiger partial charge is 0.368 e. The highest BCUT2D eigenvalue weighted by molar-refractivity contribution is 9.10. The normalized spacial score (nSPS) is 10.9. The molecule has 0 aliphatic carbocycles. The van der Waals surface area contributed by atoms with E-state index in [1.54, 1.807) is 0 Å². The number of hydrogen-bond acceptors (Lipinski definition) is 5. The van der Waals surface area contributed by atoms with Gasteiger partial charge in [-0.05, 0) is 28.1 Å². The van der Waals surface area contributed by atoms with Crippen LogP contribution in [0, 0.1) is 5.82 Å². The fourth-order valence-corrected chi connectivity index (χ4v) is 2.62. The standard InChI is InChI=1S/C11H7BrClFN6/c12-5-1-4(14)2-6(13)7(5)18-10-8-9(17-3-16-8)19-11(15)20-10/h1-3H,(H4,15,16,17,18,19,20). The monoisotopic (exact) mass is 356 g/mol. The van der Waals surface area contributed by atoms with E-state index >= 15 is 0 Å². The Morgan fingerprint density at radius 2 is 2.15 bits per heavy atom. The molecule has 0 radical (unpaired) electrons. The van der Waals surface area contributed by atoms with Crippen molar-refractivity contribution in [2.45, 2.75) is 0 Å². The second-order valence-corrected chi connectivity index (χ2v) is 5.16. The van der Waals surface area contributed by atoms with Gasteiger partial charge in [-0.2, -0.15) is 9.97 Å². The molecule has 1 aromatic carbocycles. The first kappa shape index (κ1) is 13.1. The van der Waals surface area contributed by atoms with Crippen molar-refractivity contribution in [1.29, 1.82) is 0 Å². The molecular formula is C11H7BrClFN6. The Labute approximate surface area is 125 Å². The molecule has 2 aromatic heterocycles. The number of nitrogens with two attached hydrogens (primary N) is 1. The van der Waals surface area contributed by atoms with Gasteiger partial charge in [0.15, 0.2) is 11.5 Å². The van der Waals surface area contributed by atoms with Crippen molar-refractivity contribution in [1.82, 2.24) is 19.9 Å². The van der Waals surface area contributed by atoms with E-state index in [0.29, 0.717) is 27.1 Å². The fraction of sp³-hybridized carbons (Fsp3) is 0. The van der Waals surface area contributed by atoms with Crippen molar-refractivity contribution >= 4 is 56.1 Å². The van der Waals surface area contributed by atoms with Gasteiger partial charge in [0.2, 0.25) is 5.95 Å². The Bertz CT molecular complexity index is 782. The zero-order valence-electron chi connectivity index (χ0n) is 9.78. The number of fused-ring (bicyclic) bond motifs is 1. The zero-order chi connectivity index (χ0) is 14.3. The van der Waals surface area contributed by atoms with E-state index in [-0.39, 0.29) is 11.0 Å². The van der Waals surface area contributed by atoms with Crippen molar-refractivity contribution in [2.75, 3.05) is 11.1 Å². The lowest BCUT2D eigenvalue weighted by atomic mass is 10.3. The molecule has 0 unspecified atom stereocenters. The summed E-state index contributed by atoms with van der Waals surface area (Å²) in [5, 5.41) is 3.20. The topological polar surface area (TPSA) is 92.5 Å². The number of aromatic nitrogens is 4. The molecule has 0 saturated heterocycles. The number of anilines is 3. The zero-order valence-corrected chi connectivity index (χ0v) is 12.1. The molecule has 3 rings (SSSR count). The molecule has 6 nitrogen and oxygen atoms in total. The third kappa shape index (κ3) is 2.27. The lowest BCUT2D eigenvalue weighted by molar-refractivity contribution is 0.627. The number of nitrogens with one attached hydrogen (secondary N) is 2. The first-order chi connectivity index (χ1) is 9.54. The van der Waals surface area contributed by atoms with Gasteiger partial charge >= 0.3 is 0 Å². The predicted octanol–water partition coefficient (Wildman–Crippen LogP) is 3.23. The maximum absolute atomic E-state index is 13.2. The number of halogens is 3. The van der Waals surface area contributed by atoms with E-state index in [9.17, 15) is 4.39 Å². The molecule has 2 heterocycles. The van der Waals surface area contributed by atoms with E-state index in [1.165, 1.54) is 18.5 Å². The van der Waals surface area contributed by atoms with Crippen LogP contribution in [0.15, 0.2) is 22.9 Å². The van der Waals surface area contributed by atoms with Gasteiger partial charge < -0.3 is 16.0 Å². The van der Waals surface area contributed by atoms with Crippen LogP contribution in [0.1, 0.15) is 0 Å². The summed E-state index contributed by atoms with van der Waals surface area (Å²) in [5.41, 5.74) is 7.09. The van der Waals surface area contributed by atoms with Gasteiger partial charge in [0.05, 0.1) is 17.0 Å². The van der Waals surface area contributed by atoms with Crippen LogP contribution < -0.4 is 11.1 Å². The molecule has 0 spiro atoms. The van der Waals surface area contributed by atoms with Crippen LogP contribution in [0.2, 0.25) is 5.02 Å². The van der Waals surface area contributed by atoms with Crippen LogP contribution in [0.3, 0.4) is 0 Å². The number of aromatic amines is 1. The van der Waals surface area contributed by atoms with Gasteiger partial charge in [0.25, 0.3) is 0 Å². The van der Waals surface area contributed by atoms with Gasteiger partial charge in [-0.1, -0.05) is 11.6 Å². The Morgan fingerprint density at radius 3 is 2.90 bits per heavy atom. The van der Waals surface area contributed by atoms with Crippen LogP contribution in [-0.4, -0.2) is 19.9 Å². The minimum Gasteiger partial charge on any atom is -0.368 e. The first-order valence-electron chi connectivity index (χ1n) is 5.43. The summed E-state index contributed by atoms with van der Waals surface area (Å²) >= 11 is 9.26. The van der Waals surface area contributed by atoms with E-state index in [0.717, 1.165) is 0 Å². The second kappa shape index (κ2) is 4.88. The molecule has 9 heteroatoms. The molecule has 0 fully saturated rings. The molecular weight excluding hydrogens is 351 g/mol. The summed E-state index contributed by atoms with van der Waals surface area (Å²) in [6.45, 7) is 0. The highest BCUT2D eigenvalue weighted by atomic mass is 79.9. The van der Waals surface area contributed by atoms with Crippen molar-refractivity contribution in [3.05, 3.63) is 33.8 Å². The number of nitrogens with zero attached hydrogens (tertiary/aromatic N) is 3. The number of rotatable bonds is 2.